The fourth-order valence-corrected chi connectivity index (χ4v) is 0.854. The van der Waals surface area contributed by atoms with E-state index < -0.39 is 0 Å². The summed E-state index contributed by atoms with van der Waals surface area (Å²) in [5.74, 6) is 0. The van der Waals surface area contributed by atoms with E-state index in [1.807, 2.05) is 0 Å². The summed E-state index contributed by atoms with van der Waals surface area (Å²) in [7, 11) is 0. The van der Waals surface area contributed by atoms with Gasteiger partial charge in [0, 0.05) is 0 Å². The zero-order valence-corrected chi connectivity index (χ0v) is 6.61. The van der Waals surface area contributed by atoms with Gasteiger partial charge in [0.25, 0.3) is 0 Å². The molecule has 0 atom stereocenters. The van der Waals surface area contributed by atoms with Crippen LogP contribution in [-0.4, -0.2) is 0 Å². The van der Waals surface area contributed by atoms with Crippen LogP contribution in [0.4, 0.5) is 0 Å². The van der Waals surface area contributed by atoms with Crippen molar-refractivity contribution in [3.05, 3.63) is 18.6 Å². The molecule has 0 aromatic heterocycles. The molecule has 0 aliphatic heterocycles. The molecule has 0 heterocycles. The van der Waals surface area contributed by atoms with Crippen LogP contribution < -0.4 is 0 Å². The second-order valence-corrected chi connectivity index (χ2v) is 2.42. The molecule has 0 saturated carbocycles. The standard InChI is InChI=1S/C9H17/c1-4-6-8-9(3)7-5-2/h7H,1,4-6,8H2,2-3H3. The summed E-state index contributed by atoms with van der Waals surface area (Å²) >= 11 is 0. The van der Waals surface area contributed by atoms with Gasteiger partial charge in [-0.15, -0.1) is 0 Å². The molecular formula is C9H17. The molecule has 0 rings (SSSR count). The van der Waals surface area contributed by atoms with Crippen molar-refractivity contribution in [2.75, 3.05) is 0 Å². The minimum Gasteiger partial charge on any atom is -0.0859 e. The van der Waals surface area contributed by atoms with Gasteiger partial charge in [-0.05, 0) is 26.2 Å². The summed E-state index contributed by atoms with van der Waals surface area (Å²) in [5.41, 5.74) is 1.51. The highest BCUT2D eigenvalue weighted by Crippen LogP contribution is 2.05. The lowest BCUT2D eigenvalue weighted by molar-refractivity contribution is 0.825. The van der Waals surface area contributed by atoms with Crippen LogP contribution in [0.5, 0.6) is 0 Å². The Morgan fingerprint density at radius 1 is 1.56 bits per heavy atom. The molecule has 0 bridgehead atoms. The van der Waals surface area contributed by atoms with Crippen LogP contribution in [0.1, 0.15) is 39.5 Å². The molecule has 0 fully saturated rings. The molecule has 0 spiro atoms. The highest BCUT2D eigenvalue weighted by molar-refractivity contribution is 4.96. The van der Waals surface area contributed by atoms with E-state index in [1.54, 1.807) is 0 Å². The zero-order valence-electron chi connectivity index (χ0n) is 6.61. The van der Waals surface area contributed by atoms with E-state index in [0.717, 1.165) is 6.42 Å². The van der Waals surface area contributed by atoms with Crippen molar-refractivity contribution in [1.29, 1.82) is 0 Å². The third kappa shape index (κ3) is 5.61. The van der Waals surface area contributed by atoms with Gasteiger partial charge >= 0.3 is 0 Å². The van der Waals surface area contributed by atoms with Crippen LogP contribution in [0.3, 0.4) is 0 Å². The Labute approximate surface area is 59.0 Å². The van der Waals surface area contributed by atoms with E-state index in [-0.39, 0.29) is 0 Å². The number of hydrogen-bond acceptors (Lipinski definition) is 0. The zero-order chi connectivity index (χ0) is 7.11. The Morgan fingerprint density at radius 2 is 2.22 bits per heavy atom. The van der Waals surface area contributed by atoms with Crippen molar-refractivity contribution in [3.8, 4) is 0 Å². The highest BCUT2D eigenvalue weighted by atomic mass is 13.9. The fraction of sp³-hybridized carbons (Fsp3) is 0.667. The summed E-state index contributed by atoms with van der Waals surface area (Å²) in [6.07, 6.45) is 6.99. The molecule has 1 radical (unpaired) electrons. The van der Waals surface area contributed by atoms with E-state index in [2.05, 4.69) is 26.8 Å². The molecule has 0 aliphatic rings. The molecule has 0 aromatic rings. The first kappa shape index (κ1) is 8.74. The summed E-state index contributed by atoms with van der Waals surface area (Å²) in [5, 5.41) is 0. The number of rotatable bonds is 4. The summed E-state index contributed by atoms with van der Waals surface area (Å²) < 4.78 is 0. The highest BCUT2D eigenvalue weighted by Gasteiger charge is 1.85. The molecule has 0 saturated heterocycles. The van der Waals surface area contributed by atoms with Gasteiger partial charge in [0.1, 0.15) is 0 Å². The van der Waals surface area contributed by atoms with Gasteiger partial charge < -0.3 is 0 Å². The third-order valence-electron chi connectivity index (χ3n) is 1.37. The van der Waals surface area contributed by atoms with Crippen LogP contribution >= 0.6 is 0 Å². The number of unbranched alkanes of at least 4 members (excludes halogenated alkanes) is 1. The first-order chi connectivity index (χ1) is 4.31. The monoisotopic (exact) mass is 125 g/mol. The number of allylic oxidation sites excluding steroid dienone is 2. The lowest BCUT2D eigenvalue weighted by atomic mass is 10.1. The average Bonchev–Trinajstić information content (AvgIpc) is 1.85. The Morgan fingerprint density at radius 3 is 2.67 bits per heavy atom. The van der Waals surface area contributed by atoms with Gasteiger partial charge in [-0.1, -0.05) is 31.9 Å². The molecule has 0 nitrogen and oxygen atoms in total. The molecule has 0 unspecified atom stereocenters. The van der Waals surface area contributed by atoms with Crippen LogP contribution in [0.2, 0.25) is 0 Å². The van der Waals surface area contributed by atoms with Crippen LogP contribution in [0.15, 0.2) is 11.6 Å². The number of hydrogen-bond donors (Lipinski definition) is 0. The normalized spacial score (nSPS) is 12.1. The third-order valence-corrected chi connectivity index (χ3v) is 1.37. The van der Waals surface area contributed by atoms with E-state index >= 15 is 0 Å². The summed E-state index contributed by atoms with van der Waals surface area (Å²) in [4.78, 5) is 0. The van der Waals surface area contributed by atoms with Crippen molar-refractivity contribution in [2.45, 2.75) is 39.5 Å². The first-order valence-corrected chi connectivity index (χ1v) is 3.76. The quantitative estimate of drug-likeness (QED) is 0.505. The molecule has 9 heavy (non-hydrogen) atoms. The second kappa shape index (κ2) is 5.87. The molecular weight excluding hydrogens is 108 g/mol. The summed E-state index contributed by atoms with van der Waals surface area (Å²) in [6.45, 7) is 8.16. The molecule has 0 amide bonds. The van der Waals surface area contributed by atoms with Crippen LogP contribution in [-0.2, 0) is 0 Å². The second-order valence-electron chi connectivity index (χ2n) is 2.42. The molecule has 0 aromatic carbocycles. The predicted molar refractivity (Wildman–Crippen MR) is 43.3 cm³/mol. The first-order valence-electron chi connectivity index (χ1n) is 3.76. The largest absolute Gasteiger partial charge is 0.0859 e. The van der Waals surface area contributed by atoms with Crippen LogP contribution in [0, 0.1) is 6.92 Å². The van der Waals surface area contributed by atoms with Crippen molar-refractivity contribution in [2.24, 2.45) is 0 Å². The average molecular weight is 125 g/mol. The Balaban J connectivity index is 3.25. The van der Waals surface area contributed by atoms with Gasteiger partial charge in [-0.25, -0.2) is 0 Å². The topological polar surface area (TPSA) is 0 Å². The van der Waals surface area contributed by atoms with Crippen LogP contribution in [0.25, 0.3) is 0 Å². The van der Waals surface area contributed by atoms with Gasteiger partial charge in [0.15, 0.2) is 0 Å². The molecule has 53 valence electrons. The minimum absolute atomic E-state index is 1.06. The summed E-state index contributed by atoms with van der Waals surface area (Å²) in [6, 6.07) is 0. The minimum atomic E-state index is 1.06. The van der Waals surface area contributed by atoms with E-state index in [0.29, 0.717) is 0 Å². The van der Waals surface area contributed by atoms with Crippen molar-refractivity contribution < 1.29 is 0 Å². The van der Waals surface area contributed by atoms with Gasteiger partial charge in [0.2, 0.25) is 0 Å². The maximum Gasteiger partial charge on any atom is -0.0323 e. The Bertz CT molecular complexity index is 80.0. The maximum absolute atomic E-state index is 3.79. The van der Waals surface area contributed by atoms with Gasteiger partial charge in [-0.2, -0.15) is 0 Å². The van der Waals surface area contributed by atoms with E-state index in [1.165, 1.54) is 24.8 Å². The smallest absolute Gasteiger partial charge is 0.0323 e. The molecule has 0 N–H and O–H groups in total. The maximum atomic E-state index is 3.79. The molecule has 0 aliphatic carbocycles. The van der Waals surface area contributed by atoms with Crippen molar-refractivity contribution >= 4 is 0 Å². The fourth-order valence-electron chi connectivity index (χ4n) is 0.854. The lowest BCUT2D eigenvalue weighted by Crippen LogP contribution is -1.75. The van der Waals surface area contributed by atoms with E-state index in [9.17, 15) is 0 Å². The van der Waals surface area contributed by atoms with Crippen molar-refractivity contribution in [1.82, 2.24) is 0 Å². The SMILES string of the molecule is [CH2]CCCC(C)=CCC. The predicted octanol–water partition coefficient (Wildman–Crippen LogP) is 3.35. The lowest BCUT2D eigenvalue weighted by Gasteiger charge is -1.96. The Kier molecular flexibility index (Phi) is 5.70. The van der Waals surface area contributed by atoms with E-state index in [4.69, 9.17) is 0 Å². The molecule has 0 heteroatoms. The Hall–Kier alpha value is -0.260. The van der Waals surface area contributed by atoms with Gasteiger partial charge in [0.05, 0.1) is 0 Å². The van der Waals surface area contributed by atoms with Gasteiger partial charge in [-0.3, -0.25) is 0 Å². The van der Waals surface area contributed by atoms with Crippen molar-refractivity contribution in [3.63, 3.8) is 0 Å².